The fraction of sp³-hybridized carbons (Fsp3) is 0.786. The summed E-state index contributed by atoms with van der Waals surface area (Å²) < 4.78 is 1.89. The molecule has 1 unspecified atom stereocenters. The maximum Gasteiger partial charge on any atom is 0.148 e. The summed E-state index contributed by atoms with van der Waals surface area (Å²) in [5.74, 6) is 1.36. The lowest BCUT2D eigenvalue weighted by atomic mass is 10.1. The third kappa shape index (κ3) is 2.43. The number of rotatable bonds is 4. The van der Waals surface area contributed by atoms with Crippen molar-refractivity contribution in [3.63, 3.8) is 0 Å². The van der Waals surface area contributed by atoms with Gasteiger partial charge in [0.1, 0.15) is 5.82 Å². The van der Waals surface area contributed by atoms with Gasteiger partial charge in [0, 0.05) is 32.2 Å². The third-order valence-electron chi connectivity index (χ3n) is 4.28. The van der Waals surface area contributed by atoms with Crippen molar-refractivity contribution in [1.29, 1.82) is 0 Å². The van der Waals surface area contributed by atoms with Crippen LogP contribution in [0.2, 0.25) is 0 Å². The molecule has 5 nitrogen and oxygen atoms in total. The quantitative estimate of drug-likeness (QED) is 0.869. The van der Waals surface area contributed by atoms with Crippen molar-refractivity contribution in [2.45, 2.75) is 51.1 Å². The van der Waals surface area contributed by atoms with Gasteiger partial charge < -0.3 is 11.1 Å². The number of nitrogen functional groups attached to an aromatic ring is 1. The molecule has 1 aliphatic carbocycles. The van der Waals surface area contributed by atoms with Gasteiger partial charge in [0.2, 0.25) is 0 Å². The molecule has 1 aromatic heterocycles. The Labute approximate surface area is 115 Å². The first kappa shape index (κ1) is 12.8. The zero-order chi connectivity index (χ0) is 13.6. The molecule has 5 heteroatoms. The molecule has 2 fully saturated rings. The van der Waals surface area contributed by atoms with Crippen LogP contribution in [-0.2, 0) is 7.05 Å². The highest BCUT2D eigenvalue weighted by molar-refractivity contribution is 5.66. The number of anilines is 2. The van der Waals surface area contributed by atoms with Crippen molar-refractivity contribution in [2.75, 3.05) is 24.1 Å². The first-order valence-electron chi connectivity index (χ1n) is 7.39. The van der Waals surface area contributed by atoms with Gasteiger partial charge in [-0.2, -0.15) is 5.10 Å². The van der Waals surface area contributed by atoms with Gasteiger partial charge >= 0.3 is 0 Å². The molecule has 1 saturated heterocycles. The summed E-state index contributed by atoms with van der Waals surface area (Å²) in [6.45, 7) is 6.63. The van der Waals surface area contributed by atoms with Gasteiger partial charge in [-0.1, -0.05) is 13.8 Å². The molecule has 3 N–H and O–H groups in total. The maximum absolute atomic E-state index is 6.23. The molecule has 0 amide bonds. The van der Waals surface area contributed by atoms with Crippen LogP contribution in [0, 0.1) is 0 Å². The second kappa shape index (κ2) is 4.71. The minimum atomic E-state index is 0.369. The van der Waals surface area contributed by atoms with E-state index in [-0.39, 0.29) is 0 Å². The van der Waals surface area contributed by atoms with Gasteiger partial charge in [0.25, 0.3) is 0 Å². The van der Waals surface area contributed by atoms with Gasteiger partial charge in [-0.3, -0.25) is 9.58 Å². The fourth-order valence-corrected chi connectivity index (χ4v) is 3.03. The first-order valence-corrected chi connectivity index (χ1v) is 7.39. The topological polar surface area (TPSA) is 59.1 Å². The van der Waals surface area contributed by atoms with Crippen molar-refractivity contribution in [2.24, 2.45) is 7.05 Å². The Hall–Kier alpha value is -1.23. The zero-order valence-electron chi connectivity index (χ0n) is 12.2. The fourth-order valence-electron chi connectivity index (χ4n) is 3.03. The van der Waals surface area contributed by atoms with E-state index in [2.05, 4.69) is 29.2 Å². The predicted molar refractivity (Wildman–Crippen MR) is 78.3 cm³/mol. The molecule has 1 aliphatic heterocycles. The lowest BCUT2D eigenvalue weighted by Gasteiger charge is -2.17. The molecule has 1 atom stereocenters. The van der Waals surface area contributed by atoms with Crippen molar-refractivity contribution < 1.29 is 0 Å². The molecule has 19 heavy (non-hydrogen) atoms. The Balaban J connectivity index is 1.69. The van der Waals surface area contributed by atoms with Crippen molar-refractivity contribution >= 4 is 11.5 Å². The SMILES string of the molecule is CC(C)c1nn(C)c(NC2CCN(C3CC3)C2)c1N. The highest BCUT2D eigenvalue weighted by atomic mass is 15.3. The third-order valence-corrected chi connectivity index (χ3v) is 4.28. The second-order valence-corrected chi connectivity index (χ2v) is 6.28. The van der Waals surface area contributed by atoms with Crippen molar-refractivity contribution in [1.82, 2.24) is 14.7 Å². The molecule has 2 heterocycles. The Bertz CT molecular complexity index is 461. The number of aryl methyl sites for hydroxylation is 1. The molecular formula is C14H25N5. The Kier molecular flexibility index (Phi) is 3.17. The molecule has 106 valence electrons. The average Bonchev–Trinajstić information content (AvgIpc) is 3.05. The van der Waals surface area contributed by atoms with E-state index in [1.165, 1.54) is 25.8 Å². The van der Waals surface area contributed by atoms with E-state index in [9.17, 15) is 0 Å². The molecule has 1 saturated carbocycles. The van der Waals surface area contributed by atoms with Crippen LogP contribution in [0.3, 0.4) is 0 Å². The molecule has 0 aromatic carbocycles. The minimum absolute atomic E-state index is 0.369. The van der Waals surface area contributed by atoms with Crippen LogP contribution in [0.25, 0.3) is 0 Å². The number of nitrogens with two attached hydrogens (primary N) is 1. The van der Waals surface area contributed by atoms with E-state index < -0.39 is 0 Å². The smallest absolute Gasteiger partial charge is 0.148 e. The molecule has 0 spiro atoms. The molecule has 1 aromatic rings. The summed E-state index contributed by atoms with van der Waals surface area (Å²) in [5, 5.41) is 8.13. The molecule has 0 bridgehead atoms. The number of hydrogen-bond donors (Lipinski definition) is 2. The Morgan fingerprint density at radius 3 is 2.63 bits per heavy atom. The highest BCUT2D eigenvalue weighted by Gasteiger charge is 2.34. The van der Waals surface area contributed by atoms with Crippen LogP contribution in [0.4, 0.5) is 11.5 Å². The van der Waals surface area contributed by atoms with E-state index in [0.29, 0.717) is 12.0 Å². The monoisotopic (exact) mass is 263 g/mol. The lowest BCUT2D eigenvalue weighted by molar-refractivity contribution is 0.326. The summed E-state index contributed by atoms with van der Waals surface area (Å²) in [6.07, 6.45) is 3.98. The summed E-state index contributed by atoms with van der Waals surface area (Å²) >= 11 is 0. The van der Waals surface area contributed by atoms with E-state index in [0.717, 1.165) is 29.8 Å². The minimum Gasteiger partial charge on any atom is -0.394 e. The van der Waals surface area contributed by atoms with Crippen molar-refractivity contribution in [3.8, 4) is 0 Å². The van der Waals surface area contributed by atoms with Crippen LogP contribution in [-0.4, -0.2) is 39.9 Å². The number of nitrogens with zero attached hydrogens (tertiary/aromatic N) is 3. The second-order valence-electron chi connectivity index (χ2n) is 6.28. The van der Waals surface area contributed by atoms with Gasteiger partial charge in [-0.15, -0.1) is 0 Å². The summed E-state index contributed by atoms with van der Waals surface area (Å²) in [6, 6.07) is 1.38. The van der Waals surface area contributed by atoms with Crippen LogP contribution in [0.5, 0.6) is 0 Å². The van der Waals surface area contributed by atoms with Gasteiger partial charge in [0.15, 0.2) is 0 Å². The molecule has 0 radical (unpaired) electrons. The Morgan fingerprint density at radius 2 is 2.05 bits per heavy atom. The van der Waals surface area contributed by atoms with Gasteiger partial charge in [-0.25, -0.2) is 0 Å². The summed E-state index contributed by atoms with van der Waals surface area (Å²) in [4.78, 5) is 2.60. The highest BCUT2D eigenvalue weighted by Crippen LogP contribution is 2.32. The summed E-state index contributed by atoms with van der Waals surface area (Å²) in [5.41, 5.74) is 8.05. The van der Waals surface area contributed by atoms with Crippen LogP contribution >= 0.6 is 0 Å². The van der Waals surface area contributed by atoms with E-state index >= 15 is 0 Å². The van der Waals surface area contributed by atoms with Gasteiger partial charge in [0.05, 0.1) is 11.4 Å². The average molecular weight is 263 g/mol. The van der Waals surface area contributed by atoms with Crippen LogP contribution < -0.4 is 11.1 Å². The maximum atomic E-state index is 6.23. The number of nitrogens with one attached hydrogen (secondary N) is 1. The molecule has 2 aliphatic rings. The number of hydrogen-bond acceptors (Lipinski definition) is 4. The van der Waals surface area contributed by atoms with E-state index in [1.54, 1.807) is 0 Å². The predicted octanol–water partition coefficient (Wildman–Crippen LogP) is 1.77. The molecular weight excluding hydrogens is 238 g/mol. The van der Waals surface area contributed by atoms with E-state index in [1.807, 2.05) is 11.7 Å². The van der Waals surface area contributed by atoms with Gasteiger partial charge in [-0.05, 0) is 25.2 Å². The zero-order valence-corrected chi connectivity index (χ0v) is 12.2. The first-order chi connectivity index (χ1) is 9.06. The largest absolute Gasteiger partial charge is 0.394 e. The lowest BCUT2D eigenvalue weighted by Crippen LogP contribution is -2.28. The standard InChI is InChI=1S/C14H25N5/c1-9(2)13-12(15)14(18(3)17-13)16-10-6-7-19(8-10)11-4-5-11/h9-11,16H,4-8,15H2,1-3H3. The normalized spacial score (nSPS) is 24.3. The van der Waals surface area contributed by atoms with Crippen LogP contribution in [0.1, 0.15) is 44.7 Å². The summed E-state index contributed by atoms with van der Waals surface area (Å²) in [7, 11) is 1.97. The number of aromatic nitrogens is 2. The van der Waals surface area contributed by atoms with Crippen LogP contribution in [0.15, 0.2) is 0 Å². The van der Waals surface area contributed by atoms with Crippen molar-refractivity contribution in [3.05, 3.63) is 5.69 Å². The van der Waals surface area contributed by atoms with E-state index in [4.69, 9.17) is 5.73 Å². The molecule has 3 rings (SSSR count). The number of likely N-dealkylation sites (tertiary alicyclic amines) is 1. The Morgan fingerprint density at radius 1 is 1.32 bits per heavy atom.